The first kappa shape index (κ1) is 29.2. The van der Waals surface area contributed by atoms with Crippen LogP contribution in [0.15, 0.2) is 29.3 Å². The second kappa shape index (κ2) is 13.8. The minimum atomic E-state index is -0.686. The molecular formula is C20H29Cl2N11O2. The number of hydrogen-bond donors (Lipinski definition) is 7. The number of nitrogen functional groups attached to an aromatic ring is 2. The second-order valence-corrected chi connectivity index (χ2v) is 7.55. The molecule has 0 radical (unpaired) electrons. The smallest absolute Gasteiger partial charge is 0.283 e. The number of aryl methyl sites for hydroxylation is 1. The second-order valence-electron chi connectivity index (χ2n) is 7.19. The van der Waals surface area contributed by atoms with Crippen molar-refractivity contribution in [1.29, 1.82) is 5.41 Å². The molecule has 0 aliphatic heterocycles. The van der Waals surface area contributed by atoms with Gasteiger partial charge in [-0.05, 0) is 37.0 Å². The fourth-order valence-electron chi connectivity index (χ4n) is 2.94. The molecule has 1 aromatic carbocycles. The van der Waals surface area contributed by atoms with E-state index in [4.69, 9.17) is 45.7 Å². The molecule has 0 unspecified atom stereocenters. The monoisotopic (exact) mass is 525 g/mol. The highest BCUT2D eigenvalue weighted by molar-refractivity contribution is 6.31. The third-order valence-corrected chi connectivity index (χ3v) is 4.93. The molecule has 35 heavy (non-hydrogen) atoms. The van der Waals surface area contributed by atoms with Crippen LogP contribution in [0.25, 0.3) is 0 Å². The molecule has 2 amide bonds. The zero-order valence-corrected chi connectivity index (χ0v) is 20.4. The summed E-state index contributed by atoms with van der Waals surface area (Å²) in [6.07, 6.45) is 1.95. The van der Waals surface area contributed by atoms with Gasteiger partial charge in [0.2, 0.25) is 0 Å². The zero-order chi connectivity index (χ0) is 25.3. The molecule has 1 heterocycles. The van der Waals surface area contributed by atoms with Gasteiger partial charge in [0, 0.05) is 18.7 Å². The maximum Gasteiger partial charge on any atom is 0.283 e. The molecule has 190 valence electrons. The van der Waals surface area contributed by atoms with Crippen LogP contribution >= 0.6 is 24.0 Å². The Morgan fingerprint density at radius 2 is 1.71 bits per heavy atom. The summed E-state index contributed by atoms with van der Waals surface area (Å²) in [5.41, 5.74) is 28.6. The quantitative estimate of drug-likeness (QED) is 0.126. The molecule has 0 saturated carbocycles. The molecule has 1 aromatic heterocycles. The van der Waals surface area contributed by atoms with Gasteiger partial charge in [-0.3, -0.25) is 24.9 Å². The van der Waals surface area contributed by atoms with Gasteiger partial charge in [0.1, 0.15) is 0 Å². The van der Waals surface area contributed by atoms with Crippen molar-refractivity contribution in [2.75, 3.05) is 31.1 Å². The standard InChI is InChI=1S/C20H28ClN11O2.ClH/c21-14-16(23)31-15(22)13(30-14)18(34)32(20(26)27)10-2-1-3-11-4-6-12(7-5-11)17(33)28-8-9-29-19(24)25;/h4-7H,1-3,8-10H2,(H3,26,27)(H,28,33)(H4,22,23,31)(H4,24,25,29);1H. The number of unbranched alkanes of at least 4 members (excludes halogenated alkanes) is 1. The first-order chi connectivity index (χ1) is 16.1. The van der Waals surface area contributed by atoms with Crippen molar-refractivity contribution in [1.82, 2.24) is 20.2 Å². The van der Waals surface area contributed by atoms with Crippen molar-refractivity contribution in [3.05, 3.63) is 46.2 Å². The SMILES string of the molecule is Cl.N=C(N)N(CCCCc1ccc(C(=O)NCCN=C(N)N)cc1)C(=O)c1nc(Cl)c(N)nc1N. The number of nitrogens with zero attached hydrogens (tertiary/aromatic N) is 4. The van der Waals surface area contributed by atoms with E-state index in [2.05, 4.69) is 20.3 Å². The number of nitrogens with two attached hydrogens (primary N) is 5. The Kier molecular flexibility index (Phi) is 11.5. The van der Waals surface area contributed by atoms with E-state index in [1.807, 2.05) is 12.1 Å². The van der Waals surface area contributed by atoms with Gasteiger partial charge < -0.3 is 34.0 Å². The number of nitrogens with one attached hydrogen (secondary N) is 2. The summed E-state index contributed by atoms with van der Waals surface area (Å²) in [7, 11) is 0. The summed E-state index contributed by atoms with van der Waals surface area (Å²) in [5.74, 6) is -1.68. The number of halogens is 2. The van der Waals surface area contributed by atoms with Gasteiger partial charge in [-0.2, -0.15) is 0 Å². The molecule has 0 bridgehead atoms. The number of guanidine groups is 2. The lowest BCUT2D eigenvalue weighted by molar-refractivity contribution is 0.0838. The van der Waals surface area contributed by atoms with Gasteiger partial charge in [0.05, 0.1) is 6.54 Å². The van der Waals surface area contributed by atoms with Crippen molar-refractivity contribution in [3.8, 4) is 0 Å². The minimum absolute atomic E-state index is 0. The molecule has 0 atom stereocenters. The summed E-state index contributed by atoms with van der Waals surface area (Å²) < 4.78 is 0. The molecule has 0 fully saturated rings. The lowest BCUT2D eigenvalue weighted by Crippen LogP contribution is -2.42. The van der Waals surface area contributed by atoms with Gasteiger partial charge in [0.15, 0.2) is 34.4 Å². The van der Waals surface area contributed by atoms with E-state index in [-0.39, 0.29) is 53.3 Å². The number of carbonyl (C=O) groups is 2. The number of aromatic nitrogens is 2. The van der Waals surface area contributed by atoms with Crippen molar-refractivity contribution < 1.29 is 9.59 Å². The Bertz CT molecular complexity index is 1070. The highest BCUT2D eigenvalue weighted by atomic mass is 35.5. The largest absolute Gasteiger partial charge is 0.382 e. The molecular weight excluding hydrogens is 497 g/mol. The van der Waals surface area contributed by atoms with Crippen molar-refractivity contribution in [2.24, 2.45) is 22.2 Å². The Labute approximate surface area is 213 Å². The van der Waals surface area contributed by atoms with E-state index in [1.54, 1.807) is 12.1 Å². The maximum atomic E-state index is 12.7. The van der Waals surface area contributed by atoms with Gasteiger partial charge in [-0.25, -0.2) is 9.97 Å². The third-order valence-electron chi connectivity index (χ3n) is 4.65. The van der Waals surface area contributed by atoms with Crippen LogP contribution in [0.3, 0.4) is 0 Å². The number of anilines is 2. The Hall–Kier alpha value is -3.84. The van der Waals surface area contributed by atoms with E-state index >= 15 is 0 Å². The first-order valence-corrected chi connectivity index (χ1v) is 10.6. The highest BCUT2D eigenvalue weighted by Crippen LogP contribution is 2.19. The molecule has 13 nitrogen and oxygen atoms in total. The van der Waals surface area contributed by atoms with Crippen LogP contribution in [-0.2, 0) is 6.42 Å². The van der Waals surface area contributed by atoms with Crippen LogP contribution in [0.5, 0.6) is 0 Å². The van der Waals surface area contributed by atoms with E-state index < -0.39 is 11.9 Å². The summed E-state index contributed by atoms with van der Waals surface area (Å²) in [4.78, 5) is 37.3. The number of hydrogen-bond acceptors (Lipinski definition) is 8. The van der Waals surface area contributed by atoms with Gasteiger partial charge in [0.25, 0.3) is 11.8 Å². The Morgan fingerprint density at radius 3 is 2.31 bits per heavy atom. The topological polar surface area (TPSA) is 242 Å². The van der Waals surface area contributed by atoms with Crippen LogP contribution in [0.4, 0.5) is 11.6 Å². The van der Waals surface area contributed by atoms with Crippen LogP contribution in [-0.4, -0.2) is 58.2 Å². The van der Waals surface area contributed by atoms with E-state index in [9.17, 15) is 9.59 Å². The number of amides is 2. The molecule has 0 aliphatic carbocycles. The third kappa shape index (κ3) is 8.79. The molecule has 0 saturated heterocycles. The average molecular weight is 526 g/mol. The molecule has 2 rings (SSSR count). The molecule has 0 aliphatic rings. The van der Waals surface area contributed by atoms with Crippen LogP contribution < -0.4 is 34.0 Å². The van der Waals surface area contributed by atoms with Crippen LogP contribution in [0.2, 0.25) is 5.15 Å². The van der Waals surface area contributed by atoms with Gasteiger partial charge in [-0.1, -0.05) is 23.7 Å². The number of aliphatic imine (C=N–C) groups is 1. The van der Waals surface area contributed by atoms with Gasteiger partial charge in [-0.15, -0.1) is 12.4 Å². The predicted molar refractivity (Wildman–Crippen MR) is 138 cm³/mol. The number of benzene rings is 1. The average Bonchev–Trinajstić information content (AvgIpc) is 2.78. The highest BCUT2D eigenvalue weighted by Gasteiger charge is 2.23. The van der Waals surface area contributed by atoms with Gasteiger partial charge >= 0.3 is 0 Å². The summed E-state index contributed by atoms with van der Waals surface area (Å²) >= 11 is 5.83. The fourth-order valence-corrected chi connectivity index (χ4v) is 3.06. The lowest BCUT2D eigenvalue weighted by Gasteiger charge is -2.20. The van der Waals surface area contributed by atoms with E-state index in [1.165, 1.54) is 0 Å². The molecule has 12 N–H and O–H groups in total. The summed E-state index contributed by atoms with van der Waals surface area (Å²) in [5, 5.41) is 10.3. The van der Waals surface area contributed by atoms with Crippen molar-refractivity contribution in [2.45, 2.75) is 19.3 Å². The number of rotatable bonds is 10. The normalized spacial score (nSPS) is 10.1. The predicted octanol–water partition coefficient (Wildman–Crippen LogP) is 0.0780. The summed E-state index contributed by atoms with van der Waals surface area (Å²) in [6.45, 7) is 0.799. The Morgan fingerprint density at radius 1 is 1.06 bits per heavy atom. The van der Waals surface area contributed by atoms with Crippen LogP contribution in [0, 0.1) is 5.41 Å². The molecule has 0 spiro atoms. The summed E-state index contributed by atoms with van der Waals surface area (Å²) in [6, 6.07) is 7.16. The minimum Gasteiger partial charge on any atom is -0.382 e. The van der Waals surface area contributed by atoms with Crippen LogP contribution in [0.1, 0.15) is 39.3 Å². The number of carbonyl (C=O) groups excluding carboxylic acids is 2. The molecule has 2 aromatic rings. The lowest BCUT2D eigenvalue weighted by atomic mass is 10.1. The molecule has 15 heteroatoms. The van der Waals surface area contributed by atoms with E-state index in [0.29, 0.717) is 37.9 Å². The zero-order valence-electron chi connectivity index (χ0n) is 18.8. The van der Waals surface area contributed by atoms with Crippen molar-refractivity contribution in [3.63, 3.8) is 0 Å². The Balaban J connectivity index is 0.00000612. The first-order valence-electron chi connectivity index (χ1n) is 10.3. The van der Waals surface area contributed by atoms with Crippen molar-refractivity contribution >= 4 is 59.4 Å². The maximum absolute atomic E-state index is 12.7. The fraction of sp³-hybridized carbons (Fsp3) is 0.300. The van der Waals surface area contributed by atoms with E-state index in [0.717, 1.165) is 10.5 Å².